The van der Waals surface area contributed by atoms with Crippen molar-refractivity contribution < 1.29 is 13.2 Å². The molecule has 1 aromatic heterocycles. The molecule has 0 radical (unpaired) electrons. The first-order chi connectivity index (χ1) is 10.3. The molecule has 0 spiro atoms. The summed E-state index contributed by atoms with van der Waals surface area (Å²) in [4.78, 5) is 16.8. The number of aromatic nitrogens is 2. The van der Waals surface area contributed by atoms with Gasteiger partial charge in [0.2, 0.25) is 5.91 Å². The van der Waals surface area contributed by atoms with Crippen molar-refractivity contribution in [2.24, 2.45) is 5.92 Å². The summed E-state index contributed by atoms with van der Waals surface area (Å²) in [7, 11) is -3.42. The minimum atomic E-state index is -3.42. The number of amides is 1. The van der Waals surface area contributed by atoms with Crippen molar-refractivity contribution in [3.8, 4) is 0 Å². The molecule has 6 nitrogen and oxygen atoms in total. The molecule has 2 rings (SSSR count). The highest BCUT2D eigenvalue weighted by molar-refractivity contribution is 7.92. The van der Waals surface area contributed by atoms with Crippen LogP contribution in [0.4, 0.5) is 0 Å². The second-order valence-corrected chi connectivity index (χ2v) is 8.87. The predicted molar refractivity (Wildman–Crippen MR) is 85.0 cm³/mol. The molecule has 1 fully saturated rings. The van der Waals surface area contributed by atoms with Gasteiger partial charge in [-0.2, -0.15) is 0 Å². The van der Waals surface area contributed by atoms with Gasteiger partial charge in [0.1, 0.15) is 10.6 Å². The van der Waals surface area contributed by atoms with Crippen molar-refractivity contribution in [2.75, 3.05) is 6.26 Å². The first-order valence-electron chi connectivity index (χ1n) is 7.74. The maximum absolute atomic E-state index is 12.5. The van der Waals surface area contributed by atoms with Gasteiger partial charge in [0, 0.05) is 25.2 Å². The first kappa shape index (κ1) is 17.0. The summed E-state index contributed by atoms with van der Waals surface area (Å²) < 4.78 is 24.9. The van der Waals surface area contributed by atoms with Gasteiger partial charge >= 0.3 is 0 Å². The van der Waals surface area contributed by atoms with Crippen molar-refractivity contribution in [3.63, 3.8) is 0 Å². The molecule has 1 amide bonds. The lowest BCUT2D eigenvalue weighted by atomic mass is 10.1. The van der Waals surface area contributed by atoms with Gasteiger partial charge in [-0.15, -0.1) is 0 Å². The number of hydrogen-bond donors (Lipinski definition) is 1. The summed E-state index contributed by atoms with van der Waals surface area (Å²) in [5, 5.41) is 2.79. The molecule has 0 unspecified atom stereocenters. The topological polar surface area (TPSA) is 81.1 Å². The number of carbonyl (C=O) groups excluding carboxylic acids is 1. The fourth-order valence-electron chi connectivity index (χ4n) is 3.10. The Morgan fingerprint density at radius 3 is 2.59 bits per heavy atom. The maximum Gasteiger partial charge on any atom is 0.241 e. The highest BCUT2D eigenvalue weighted by atomic mass is 32.2. The molecule has 1 saturated carbocycles. The highest BCUT2D eigenvalue weighted by Gasteiger charge is 2.49. The van der Waals surface area contributed by atoms with Gasteiger partial charge in [0.15, 0.2) is 9.84 Å². The van der Waals surface area contributed by atoms with Crippen LogP contribution in [0.2, 0.25) is 0 Å². The van der Waals surface area contributed by atoms with E-state index in [1.54, 1.807) is 6.20 Å². The van der Waals surface area contributed by atoms with Gasteiger partial charge < -0.3 is 9.88 Å². The van der Waals surface area contributed by atoms with E-state index in [-0.39, 0.29) is 12.5 Å². The molecule has 7 heteroatoms. The molecule has 0 bridgehead atoms. The van der Waals surface area contributed by atoms with Crippen LogP contribution in [0.15, 0.2) is 12.4 Å². The van der Waals surface area contributed by atoms with Crippen LogP contribution < -0.4 is 5.32 Å². The van der Waals surface area contributed by atoms with Crippen LogP contribution >= 0.6 is 0 Å². The van der Waals surface area contributed by atoms with E-state index in [2.05, 4.69) is 24.1 Å². The molecule has 1 aliphatic rings. The van der Waals surface area contributed by atoms with Crippen LogP contribution in [0.25, 0.3) is 0 Å². The van der Waals surface area contributed by atoms with E-state index in [1.807, 2.05) is 10.8 Å². The van der Waals surface area contributed by atoms with Crippen molar-refractivity contribution >= 4 is 15.7 Å². The molecule has 1 N–H and O–H groups in total. The zero-order valence-corrected chi connectivity index (χ0v) is 14.3. The Kier molecular flexibility index (Phi) is 4.94. The molecule has 124 valence electrons. The summed E-state index contributed by atoms with van der Waals surface area (Å²) in [6.07, 6.45) is 7.13. The average molecular weight is 327 g/mol. The zero-order valence-electron chi connectivity index (χ0n) is 13.5. The lowest BCUT2D eigenvalue weighted by Crippen LogP contribution is -2.50. The Labute approximate surface area is 132 Å². The third-order valence-electron chi connectivity index (χ3n) is 4.31. The fraction of sp³-hybridized carbons (Fsp3) is 0.733. The quantitative estimate of drug-likeness (QED) is 0.859. The van der Waals surface area contributed by atoms with E-state index in [4.69, 9.17) is 0 Å². The summed E-state index contributed by atoms with van der Waals surface area (Å²) in [6, 6.07) is 0. The van der Waals surface area contributed by atoms with Crippen LogP contribution in [0.5, 0.6) is 0 Å². The molecule has 0 atom stereocenters. The minimum absolute atomic E-state index is 0.260. The fourth-order valence-corrected chi connectivity index (χ4v) is 4.54. The van der Waals surface area contributed by atoms with E-state index in [9.17, 15) is 13.2 Å². The minimum Gasteiger partial charge on any atom is -0.347 e. The molecular weight excluding hydrogens is 302 g/mol. The Balaban J connectivity index is 2.08. The Bertz CT molecular complexity index is 628. The number of nitrogens with zero attached hydrogens (tertiary/aromatic N) is 2. The summed E-state index contributed by atoms with van der Waals surface area (Å²) in [6.45, 7) is 5.30. The third-order valence-corrected chi connectivity index (χ3v) is 6.32. The van der Waals surface area contributed by atoms with E-state index in [0.717, 1.165) is 31.5 Å². The normalized spacial score (nSPS) is 17.8. The summed E-state index contributed by atoms with van der Waals surface area (Å²) in [5.41, 5.74) is 0. The highest BCUT2D eigenvalue weighted by Crippen LogP contribution is 2.36. The van der Waals surface area contributed by atoms with Crippen molar-refractivity contribution in [3.05, 3.63) is 18.2 Å². The monoisotopic (exact) mass is 327 g/mol. The molecular formula is C15H25N3O3S. The Morgan fingerprint density at radius 2 is 2.05 bits per heavy atom. The molecule has 1 heterocycles. The number of carbonyl (C=O) groups is 1. The number of rotatable bonds is 6. The largest absolute Gasteiger partial charge is 0.347 e. The standard InChI is InChI=1S/C15H25N3O3S/c1-12(2)11-18-9-8-16-13(18)10-17-14(19)15(22(3,20)21)6-4-5-7-15/h8-9,12H,4-7,10-11H2,1-3H3,(H,17,19). The molecule has 22 heavy (non-hydrogen) atoms. The van der Waals surface area contributed by atoms with Crippen molar-refractivity contribution in [1.29, 1.82) is 0 Å². The lowest BCUT2D eigenvalue weighted by molar-refractivity contribution is -0.123. The summed E-state index contributed by atoms with van der Waals surface area (Å²) in [5.74, 6) is 0.844. The van der Waals surface area contributed by atoms with Crippen LogP contribution in [-0.2, 0) is 27.7 Å². The van der Waals surface area contributed by atoms with Crippen LogP contribution in [-0.4, -0.2) is 34.9 Å². The van der Waals surface area contributed by atoms with Gasteiger partial charge in [-0.3, -0.25) is 4.79 Å². The van der Waals surface area contributed by atoms with Crippen LogP contribution in [0.1, 0.15) is 45.4 Å². The molecule has 0 aromatic carbocycles. The van der Waals surface area contributed by atoms with Gasteiger partial charge in [-0.05, 0) is 18.8 Å². The maximum atomic E-state index is 12.5. The van der Waals surface area contributed by atoms with E-state index < -0.39 is 14.6 Å². The van der Waals surface area contributed by atoms with E-state index >= 15 is 0 Å². The molecule has 0 saturated heterocycles. The van der Waals surface area contributed by atoms with Gasteiger partial charge in [0.25, 0.3) is 0 Å². The van der Waals surface area contributed by atoms with E-state index in [1.165, 1.54) is 0 Å². The number of imidazole rings is 1. The smallest absolute Gasteiger partial charge is 0.241 e. The zero-order chi connectivity index (χ0) is 16.4. The average Bonchev–Trinajstić information content (AvgIpc) is 3.03. The van der Waals surface area contributed by atoms with Crippen LogP contribution in [0.3, 0.4) is 0 Å². The summed E-state index contributed by atoms with van der Waals surface area (Å²) >= 11 is 0. The molecule has 1 aromatic rings. The number of nitrogens with one attached hydrogen (secondary N) is 1. The van der Waals surface area contributed by atoms with Crippen LogP contribution in [0, 0.1) is 5.92 Å². The predicted octanol–water partition coefficient (Wildman–Crippen LogP) is 1.51. The lowest BCUT2D eigenvalue weighted by Gasteiger charge is -2.25. The number of hydrogen-bond acceptors (Lipinski definition) is 4. The van der Waals surface area contributed by atoms with Gasteiger partial charge in [-0.25, -0.2) is 13.4 Å². The Morgan fingerprint density at radius 1 is 1.41 bits per heavy atom. The van der Waals surface area contributed by atoms with Gasteiger partial charge in [-0.1, -0.05) is 26.7 Å². The van der Waals surface area contributed by atoms with E-state index in [0.29, 0.717) is 18.8 Å². The van der Waals surface area contributed by atoms with Gasteiger partial charge in [0.05, 0.1) is 6.54 Å². The second kappa shape index (κ2) is 6.40. The number of sulfone groups is 1. The third kappa shape index (κ3) is 3.34. The second-order valence-electron chi connectivity index (χ2n) is 6.55. The Hall–Kier alpha value is -1.37. The first-order valence-corrected chi connectivity index (χ1v) is 9.63. The van der Waals surface area contributed by atoms with Crippen molar-refractivity contribution in [1.82, 2.24) is 14.9 Å². The van der Waals surface area contributed by atoms with Crippen molar-refractivity contribution in [2.45, 2.75) is 57.4 Å². The SMILES string of the molecule is CC(C)Cn1ccnc1CNC(=O)C1(S(C)(=O)=O)CCCC1. The molecule has 0 aliphatic heterocycles. The molecule has 1 aliphatic carbocycles.